The van der Waals surface area contributed by atoms with Gasteiger partial charge in [0.25, 0.3) is 0 Å². The van der Waals surface area contributed by atoms with Crippen LogP contribution in [0.4, 0.5) is 4.79 Å². The van der Waals surface area contributed by atoms with Crippen LogP contribution < -0.4 is 0 Å². The molecule has 0 rings (SSSR count). The molecule has 0 spiro atoms. The topological polar surface area (TPSA) is 55.8 Å². The van der Waals surface area contributed by atoms with Crippen LogP contribution in [-0.4, -0.2) is 42.3 Å². The standard InChI is InChI=1S/C17H31NO4/c1-9-13(15(19)21-10-2)11-14(12(3)4)18(8)16(20)22-17(5,6)7/h11-12,14H,9-10H2,1-8H3/b13-11+. The van der Waals surface area contributed by atoms with Gasteiger partial charge in [-0.2, -0.15) is 0 Å². The molecule has 0 aliphatic carbocycles. The largest absolute Gasteiger partial charge is 0.463 e. The van der Waals surface area contributed by atoms with Crippen LogP contribution in [0.5, 0.6) is 0 Å². The van der Waals surface area contributed by atoms with Crippen molar-refractivity contribution in [2.24, 2.45) is 5.92 Å². The van der Waals surface area contributed by atoms with Gasteiger partial charge in [0.1, 0.15) is 5.60 Å². The van der Waals surface area contributed by atoms with Crippen LogP contribution >= 0.6 is 0 Å². The number of hydrogen-bond donors (Lipinski definition) is 0. The summed E-state index contributed by atoms with van der Waals surface area (Å²) in [6.07, 6.45) is 1.97. The number of carbonyl (C=O) groups is 2. The minimum Gasteiger partial charge on any atom is -0.463 e. The zero-order valence-corrected chi connectivity index (χ0v) is 15.2. The first kappa shape index (κ1) is 20.5. The van der Waals surface area contributed by atoms with E-state index in [4.69, 9.17) is 9.47 Å². The molecule has 0 aliphatic heterocycles. The van der Waals surface area contributed by atoms with E-state index in [2.05, 4.69) is 0 Å². The summed E-state index contributed by atoms with van der Waals surface area (Å²) in [6, 6.07) is -0.228. The molecule has 0 saturated carbocycles. The van der Waals surface area contributed by atoms with Crippen molar-refractivity contribution in [3.8, 4) is 0 Å². The second kappa shape index (κ2) is 8.81. The highest BCUT2D eigenvalue weighted by Gasteiger charge is 2.27. The van der Waals surface area contributed by atoms with E-state index in [0.29, 0.717) is 18.6 Å². The third-order valence-corrected chi connectivity index (χ3v) is 3.10. The summed E-state index contributed by atoms with van der Waals surface area (Å²) in [7, 11) is 1.69. The predicted octanol–water partition coefficient (Wildman–Crippen LogP) is 3.78. The lowest BCUT2D eigenvalue weighted by Gasteiger charge is -2.31. The van der Waals surface area contributed by atoms with E-state index in [-0.39, 0.29) is 17.9 Å². The zero-order valence-electron chi connectivity index (χ0n) is 15.2. The molecule has 0 fully saturated rings. The van der Waals surface area contributed by atoms with Crippen molar-refractivity contribution in [2.45, 2.75) is 66.5 Å². The van der Waals surface area contributed by atoms with Gasteiger partial charge in [0.05, 0.1) is 12.6 Å². The van der Waals surface area contributed by atoms with Crippen molar-refractivity contribution >= 4 is 12.1 Å². The fraction of sp³-hybridized carbons (Fsp3) is 0.765. The summed E-state index contributed by atoms with van der Waals surface area (Å²) in [5, 5.41) is 0. The quantitative estimate of drug-likeness (QED) is 0.553. The summed E-state index contributed by atoms with van der Waals surface area (Å²) in [6.45, 7) is 13.5. The molecule has 0 aromatic rings. The molecule has 128 valence electrons. The second-order valence-electron chi connectivity index (χ2n) is 6.59. The Kier molecular flexibility index (Phi) is 8.20. The van der Waals surface area contributed by atoms with Crippen LogP contribution in [0, 0.1) is 5.92 Å². The van der Waals surface area contributed by atoms with E-state index in [1.54, 1.807) is 14.0 Å². The Labute approximate surface area is 134 Å². The average molecular weight is 313 g/mol. The predicted molar refractivity (Wildman–Crippen MR) is 87.6 cm³/mol. The van der Waals surface area contributed by atoms with E-state index >= 15 is 0 Å². The number of nitrogens with zero attached hydrogens (tertiary/aromatic N) is 1. The molecule has 0 heterocycles. The summed E-state index contributed by atoms with van der Waals surface area (Å²) in [5.41, 5.74) is 0.0293. The van der Waals surface area contributed by atoms with Crippen LogP contribution in [0.15, 0.2) is 11.6 Å². The Balaban J connectivity index is 5.28. The maximum absolute atomic E-state index is 12.2. The lowest BCUT2D eigenvalue weighted by atomic mass is 9.99. The Bertz CT molecular complexity index is 407. The van der Waals surface area contributed by atoms with Crippen molar-refractivity contribution in [3.63, 3.8) is 0 Å². The van der Waals surface area contributed by atoms with Gasteiger partial charge < -0.3 is 14.4 Å². The summed E-state index contributed by atoms with van der Waals surface area (Å²) < 4.78 is 10.4. The Hall–Kier alpha value is -1.52. The first-order chi connectivity index (χ1) is 10.0. The summed E-state index contributed by atoms with van der Waals surface area (Å²) in [4.78, 5) is 25.7. The van der Waals surface area contributed by atoms with Crippen LogP contribution in [0.25, 0.3) is 0 Å². The van der Waals surface area contributed by atoms with Gasteiger partial charge >= 0.3 is 12.1 Å². The number of hydrogen-bond acceptors (Lipinski definition) is 4. The minimum absolute atomic E-state index is 0.147. The van der Waals surface area contributed by atoms with Gasteiger partial charge in [0.2, 0.25) is 0 Å². The summed E-state index contributed by atoms with van der Waals surface area (Å²) in [5.74, 6) is -0.179. The van der Waals surface area contributed by atoms with E-state index in [0.717, 1.165) is 0 Å². The van der Waals surface area contributed by atoms with E-state index < -0.39 is 11.7 Å². The normalized spacial score (nSPS) is 13.8. The highest BCUT2D eigenvalue weighted by molar-refractivity contribution is 5.88. The fourth-order valence-electron chi connectivity index (χ4n) is 1.97. The smallest absolute Gasteiger partial charge is 0.410 e. The molecule has 0 bridgehead atoms. The number of ether oxygens (including phenoxy) is 2. The molecule has 0 saturated heterocycles. The monoisotopic (exact) mass is 313 g/mol. The van der Waals surface area contributed by atoms with Gasteiger partial charge in [-0.05, 0) is 40.0 Å². The molecule has 22 heavy (non-hydrogen) atoms. The van der Waals surface area contributed by atoms with Crippen molar-refractivity contribution in [1.82, 2.24) is 4.90 Å². The van der Waals surface area contributed by atoms with Crippen LogP contribution in [0.1, 0.15) is 54.9 Å². The number of amides is 1. The van der Waals surface area contributed by atoms with Crippen LogP contribution in [0.3, 0.4) is 0 Å². The maximum atomic E-state index is 12.2. The molecule has 5 heteroatoms. The van der Waals surface area contributed by atoms with Gasteiger partial charge in [-0.15, -0.1) is 0 Å². The molecule has 1 amide bonds. The zero-order chi connectivity index (χ0) is 17.5. The molecule has 0 N–H and O–H groups in total. The Morgan fingerprint density at radius 2 is 1.73 bits per heavy atom. The Morgan fingerprint density at radius 3 is 2.09 bits per heavy atom. The van der Waals surface area contributed by atoms with Crippen molar-refractivity contribution in [2.75, 3.05) is 13.7 Å². The van der Waals surface area contributed by atoms with Gasteiger partial charge in [-0.3, -0.25) is 0 Å². The SMILES string of the molecule is CCOC(=O)/C(=C/C(C(C)C)N(C)C(=O)OC(C)(C)C)CC. The molecule has 0 aromatic heterocycles. The van der Waals surface area contributed by atoms with E-state index in [9.17, 15) is 9.59 Å². The van der Waals surface area contributed by atoms with Gasteiger partial charge in [-0.25, -0.2) is 9.59 Å². The number of carbonyl (C=O) groups excluding carboxylic acids is 2. The molecule has 1 atom stereocenters. The molecule has 1 unspecified atom stereocenters. The molecule has 5 nitrogen and oxygen atoms in total. The first-order valence-electron chi connectivity index (χ1n) is 7.87. The highest BCUT2D eigenvalue weighted by atomic mass is 16.6. The molecule has 0 radical (unpaired) electrons. The molecule has 0 aromatic carbocycles. The maximum Gasteiger partial charge on any atom is 0.410 e. The fourth-order valence-corrected chi connectivity index (χ4v) is 1.97. The third-order valence-electron chi connectivity index (χ3n) is 3.10. The van der Waals surface area contributed by atoms with Crippen molar-refractivity contribution in [1.29, 1.82) is 0 Å². The average Bonchev–Trinajstić information content (AvgIpc) is 2.37. The number of esters is 1. The third kappa shape index (κ3) is 6.96. The first-order valence-corrected chi connectivity index (χ1v) is 7.87. The van der Waals surface area contributed by atoms with Crippen LogP contribution in [0.2, 0.25) is 0 Å². The highest BCUT2D eigenvalue weighted by Crippen LogP contribution is 2.18. The second-order valence-corrected chi connectivity index (χ2v) is 6.59. The molecule has 0 aliphatic rings. The lowest BCUT2D eigenvalue weighted by Crippen LogP contribution is -2.42. The van der Waals surface area contributed by atoms with Gasteiger partial charge in [0.15, 0.2) is 0 Å². The van der Waals surface area contributed by atoms with Crippen molar-refractivity contribution < 1.29 is 19.1 Å². The number of likely N-dealkylation sites (N-methyl/N-ethyl adjacent to an activating group) is 1. The lowest BCUT2D eigenvalue weighted by molar-refractivity contribution is -0.138. The van der Waals surface area contributed by atoms with Crippen LogP contribution in [-0.2, 0) is 14.3 Å². The van der Waals surface area contributed by atoms with Gasteiger partial charge in [0, 0.05) is 12.6 Å². The van der Waals surface area contributed by atoms with Crippen molar-refractivity contribution in [3.05, 3.63) is 11.6 Å². The minimum atomic E-state index is -0.550. The number of rotatable bonds is 6. The molecular formula is C17H31NO4. The Morgan fingerprint density at radius 1 is 1.18 bits per heavy atom. The molecular weight excluding hydrogens is 282 g/mol. The van der Waals surface area contributed by atoms with E-state index in [1.165, 1.54) is 4.90 Å². The van der Waals surface area contributed by atoms with Gasteiger partial charge in [-0.1, -0.05) is 26.8 Å². The van der Waals surface area contributed by atoms with E-state index in [1.807, 2.05) is 47.6 Å². The summed E-state index contributed by atoms with van der Waals surface area (Å²) >= 11 is 0.